The Balaban J connectivity index is 2.45. The highest BCUT2D eigenvalue weighted by atomic mass is 35.5. The maximum Gasteiger partial charge on any atom is 0.325 e. The Kier molecular flexibility index (Phi) is 3.67. The van der Waals surface area contributed by atoms with E-state index in [9.17, 15) is 9.59 Å². The van der Waals surface area contributed by atoms with Crippen LogP contribution in [0.2, 0.25) is 5.02 Å². The smallest absolute Gasteiger partial charge is 0.325 e. The number of hydrogen-bond acceptors (Lipinski definition) is 3. The molecule has 0 N–H and O–H groups in total. The summed E-state index contributed by atoms with van der Waals surface area (Å²) >= 11 is 5.90. The highest BCUT2D eigenvalue weighted by Crippen LogP contribution is 2.24. The number of benzene rings is 1. The Hall–Kier alpha value is -1.81. The summed E-state index contributed by atoms with van der Waals surface area (Å²) in [7, 11) is 0. The number of carbonyl (C=O) groups is 2. The summed E-state index contributed by atoms with van der Waals surface area (Å²) in [4.78, 5) is 22.4. The fraction of sp³-hybridized carbons (Fsp3) is 0.231. The van der Waals surface area contributed by atoms with Gasteiger partial charge in [0.15, 0.2) is 6.29 Å². The van der Waals surface area contributed by atoms with Gasteiger partial charge in [0.05, 0.1) is 6.61 Å². The highest BCUT2D eigenvalue weighted by Gasteiger charge is 2.11. The third kappa shape index (κ3) is 2.38. The molecule has 0 unspecified atom stereocenters. The number of hydrogen-bond donors (Lipinski definition) is 0. The quantitative estimate of drug-likeness (QED) is 0.631. The monoisotopic (exact) mass is 265 g/mol. The standard InChI is InChI=1S/C13H12ClNO3/c1-2-18-13(17)7-15-6-9(8-16)11-5-10(14)3-4-12(11)15/h3-6,8H,2,7H2,1H3. The Morgan fingerprint density at radius 2 is 2.28 bits per heavy atom. The Bertz CT molecular complexity index is 604. The molecular formula is C13H12ClNO3. The third-order valence-corrected chi connectivity index (χ3v) is 2.84. The lowest BCUT2D eigenvalue weighted by Gasteiger charge is -2.04. The van der Waals surface area contributed by atoms with Gasteiger partial charge in [-0.25, -0.2) is 0 Å². The molecule has 1 aromatic heterocycles. The number of ether oxygens (including phenoxy) is 1. The summed E-state index contributed by atoms with van der Waals surface area (Å²) in [5.41, 5.74) is 1.30. The number of aromatic nitrogens is 1. The Labute approximate surface area is 109 Å². The zero-order valence-electron chi connectivity index (χ0n) is 9.85. The first-order chi connectivity index (χ1) is 8.65. The highest BCUT2D eigenvalue weighted by molar-refractivity contribution is 6.31. The molecule has 4 nitrogen and oxygen atoms in total. The average Bonchev–Trinajstić information content (AvgIpc) is 2.67. The van der Waals surface area contributed by atoms with Gasteiger partial charge in [0.25, 0.3) is 0 Å². The van der Waals surface area contributed by atoms with Gasteiger partial charge in [0.2, 0.25) is 0 Å². The van der Waals surface area contributed by atoms with Crippen LogP contribution in [0.3, 0.4) is 0 Å². The molecule has 0 fully saturated rings. The Morgan fingerprint density at radius 3 is 2.94 bits per heavy atom. The van der Waals surface area contributed by atoms with E-state index in [4.69, 9.17) is 16.3 Å². The van der Waals surface area contributed by atoms with Crippen LogP contribution in [0.4, 0.5) is 0 Å². The van der Waals surface area contributed by atoms with E-state index in [0.717, 1.165) is 17.2 Å². The summed E-state index contributed by atoms with van der Waals surface area (Å²) in [5.74, 6) is -0.332. The summed E-state index contributed by atoms with van der Waals surface area (Å²) in [6.45, 7) is 2.17. The molecule has 1 heterocycles. The van der Waals surface area contributed by atoms with E-state index in [0.29, 0.717) is 17.2 Å². The van der Waals surface area contributed by atoms with Crippen LogP contribution in [0.15, 0.2) is 24.4 Å². The van der Waals surface area contributed by atoms with Gasteiger partial charge in [-0.15, -0.1) is 0 Å². The molecule has 0 bridgehead atoms. The fourth-order valence-corrected chi connectivity index (χ4v) is 2.04. The van der Waals surface area contributed by atoms with E-state index in [2.05, 4.69) is 0 Å². The van der Waals surface area contributed by atoms with Crippen LogP contribution in [0.25, 0.3) is 10.9 Å². The molecule has 1 aromatic carbocycles. The number of rotatable bonds is 4. The molecule has 0 aliphatic carbocycles. The van der Waals surface area contributed by atoms with Crippen LogP contribution < -0.4 is 0 Å². The van der Waals surface area contributed by atoms with Crippen molar-refractivity contribution in [3.05, 3.63) is 35.0 Å². The van der Waals surface area contributed by atoms with Gasteiger partial charge in [-0.2, -0.15) is 0 Å². The van der Waals surface area contributed by atoms with Crippen molar-refractivity contribution >= 4 is 34.8 Å². The summed E-state index contributed by atoms with van der Waals surface area (Å²) in [6.07, 6.45) is 2.38. The second kappa shape index (κ2) is 5.23. The molecule has 2 aromatic rings. The maximum absolute atomic E-state index is 11.5. The zero-order valence-corrected chi connectivity index (χ0v) is 10.6. The molecule has 0 saturated carbocycles. The topological polar surface area (TPSA) is 48.3 Å². The Morgan fingerprint density at radius 1 is 1.50 bits per heavy atom. The second-order valence-electron chi connectivity index (χ2n) is 3.80. The lowest BCUT2D eigenvalue weighted by molar-refractivity contribution is -0.143. The number of esters is 1. The normalized spacial score (nSPS) is 10.6. The SMILES string of the molecule is CCOC(=O)Cn1cc(C=O)c2cc(Cl)ccc21. The third-order valence-electron chi connectivity index (χ3n) is 2.61. The van der Waals surface area contributed by atoms with Gasteiger partial charge in [-0.05, 0) is 25.1 Å². The lowest BCUT2D eigenvalue weighted by Crippen LogP contribution is -2.12. The number of nitrogens with zero attached hydrogens (tertiary/aromatic N) is 1. The molecule has 5 heteroatoms. The predicted molar refractivity (Wildman–Crippen MR) is 69.0 cm³/mol. The largest absolute Gasteiger partial charge is 0.465 e. The van der Waals surface area contributed by atoms with Crippen LogP contribution in [-0.2, 0) is 16.1 Å². The van der Waals surface area contributed by atoms with Crippen molar-refractivity contribution in [2.45, 2.75) is 13.5 Å². The number of fused-ring (bicyclic) bond motifs is 1. The first-order valence-electron chi connectivity index (χ1n) is 5.55. The minimum Gasteiger partial charge on any atom is -0.465 e. The van der Waals surface area contributed by atoms with Crippen LogP contribution in [0.5, 0.6) is 0 Å². The molecule has 0 saturated heterocycles. The van der Waals surface area contributed by atoms with Crippen LogP contribution in [-0.4, -0.2) is 23.4 Å². The molecule has 2 rings (SSSR count). The van der Waals surface area contributed by atoms with Crippen molar-refractivity contribution in [3.63, 3.8) is 0 Å². The van der Waals surface area contributed by atoms with Gasteiger partial charge in [-0.1, -0.05) is 11.6 Å². The molecule has 0 aliphatic rings. The molecule has 0 spiro atoms. The van der Waals surface area contributed by atoms with Crippen molar-refractivity contribution in [1.82, 2.24) is 4.57 Å². The molecule has 94 valence electrons. The van der Waals surface area contributed by atoms with Crippen LogP contribution >= 0.6 is 11.6 Å². The first-order valence-corrected chi connectivity index (χ1v) is 5.92. The summed E-state index contributed by atoms with van der Waals surface area (Å²) in [5, 5.41) is 1.29. The van der Waals surface area contributed by atoms with Crippen molar-refractivity contribution < 1.29 is 14.3 Å². The number of carbonyl (C=O) groups excluding carboxylic acids is 2. The van der Waals surface area contributed by atoms with Crippen molar-refractivity contribution in [1.29, 1.82) is 0 Å². The van der Waals surface area contributed by atoms with Gasteiger partial charge in [-0.3, -0.25) is 9.59 Å². The molecule has 18 heavy (non-hydrogen) atoms. The fourth-order valence-electron chi connectivity index (χ4n) is 1.87. The van der Waals surface area contributed by atoms with Crippen LogP contribution in [0.1, 0.15) is 17.3 Å². The molecule has 0 aliphatic heterocycles. The van der Waals surface area contributed by atoms with E-state index in [1.807, 2.05) is 0 Å². The summed E-state index contributed by atoms with van der Waals surface area (Å²) in [6, 6.07) is 5.21. The van der Waals surface area contributed by atoms with E-state index in [1.165, 1.54) is 0 Å². The minimum absolute atomic E-state index is 0.0831. The van der Waals surface area contributed by atoms with E-state index in [-0.39, 0.29) is 12.5 Å². The van der Waals surface area contributed by atoms with Gasteiger partial charge in [0, 0.05) is 27.7 Å². The summed E-state index contributed by atoms with van der Waals surface area (Å²) < 4.78 is 6.58. The van der Waals surface area contributed by atoms with Gasteiger partial charge < -0.3 is 9.30 Å². The zero-order chi connectivity index (χ0) is 13.1. The number of aldehydes is 1. The van der Waals surface area contributed by atoms with Gasteiger partial charge >= 0.3 is 5.97 Å². The molecule has 0 amide bonds. The van der Waals surface area contributed by atoms with E-state index in [1.54, 1.807) is 35.9 Å². The van der Waals surface area contributed by atoms with Gasteiger partial charge in [0.1, 0.15) is 6.54 Å². The van der Waals surface area contributed by atoms with E-state index >= 15 is 0 Å². The van der Waals surface area contributed by atoms with Crippen LogP contribution in [0, 0.1) is 0 Å². The predicted octanol–water partition coefficient (Wildman–Crippen LogP) is 2.67. The number of halogens is 1. The molecular weight excluding hydrogens is 254 g/mol. The van der Waals surface area contributed by atoms with E-state index < -0.39 is 0 Å². The minimum atomic E-state index is -0.332. The van der Waals surface area contributed by atoms with Crippen molar-refractivity contribution in [2.24, 2.45) is 0 Å². The maximum atomic E-state index is 11.5. The average molecular weight is 266 g/mol. The molecule has 0 radical (unpaired) electrons. The lowest BCUT2D eigenvalue weighted by atomic mass is 10.2. The van der Waals surface area contributed by atoms with Crippen molar-refractivity contribution in [2.75, 3.05) is 6.61 Å². The van der Waals surface area contributed by atoms with Crippen molar-refractivity contribution in [3.8, 4) is 0 Å². The first kappa shape index (κ1) is 12.6. The second-order valence-corrected chi connectivity index (χ2v) is 4.23. The molecule has 0 atom stereocenters.